The molecule has 2 amide bonds. The molecule has 4 N–H and O–H groups in total. The molecule has 0 aliphatic heterocycles. The molecule has 0 saturated carbocycles. The Morgan fingerprint density at radius 3 is 2.75 bits per heavy atom. The van der Waals surface area contributed by atoms with E-state index in [1.807, 2.05) is 25.1 Å². The number of anilines is 1. The molecule has 0 bridgehead atoms. The fourth-order valence-electron chi connectivity index (χ4n) is 1.80. The van der Waals surface area contributed by atoms with Gasteiger partial charge in [0.2, 0.25) is 5.91 Å². The lowest BCUT2D eigenvalue weighted by Crippen LogP contribution is -2.36. The number of hydrogen-bond donors (Lipinski definition) is 3. The van der Waals surface area contributed by atoms with Crippen LogP contribution in [-0.2, 0) is 4.79 Å². The summed E-state index contributed by atoms with van der Waals surface area (Å²) in [7, 11) is 0. The lowest BCUT2D eigenvalue weighted by molar-refractivity contribution is -0.120. The van der Waals surface area contributed by atoms with Gasteiger partial charge in [-0.2, -0.15) is 0 Å². The van der Waals surface area contributed by atoms with Crippen LogP contribution < -0.4 is 16.4 Å². The fourth-order valence-corrected chi connectivity index (χ4v) is 3.57. The van der Waals surface area contributed by atoms with Crippen molar-refractivity contribution in [3.63, 3.8) is 0 Å². The van der Waals surface area contributed by atoms with Gasteiger partial charge >= 0.3 is 0 Å². The van der Waals surface area contributed by atoms with Gasteiger partial charge in [-0.05, 0) is 19.1 Å². The number of fused-ring (bicyclic) bond motifs is 1. The molecule has 5 nitrogen and oxygen atoms in total. The summed E-state index contributed by atoms with van der Waals surface area (Å²) in [5, 5.41) is 6.02. The van der Waals surface area contributed by atoms with Crippen LogP contribution in [0.25, 0.3) is 10.1 Å². The summed E-state index contributed by atoms with van der Waals surface area (Å²) >= 11 is 4.74. The number of rotatable bonds is 4. The third-order valence-corrected chi connectivity index (χ3v) is 4.52. The molecule has 0 radical (unpaired) electrons. The van der Waals surface area contributed by atoms with Gasteiger partial charge in [0.15, 0.2) is 0 Å². The molecule has 20 heavy (non-hydrogen) atoms. The van der Waals surface area contributed by atoms with Gasteiger partial charge in [0.25, 0.3) is 5.91 Å². The van der Waals surface area contributed by atoms with E-state index in [4.69, 9.17) is 5.73 Å². The average Bonchev–Trinajstić information content (AvgIpc) is 2.75. The second-order valence-electron chi connectivity index (χ2n) is 4.09. The quantitative estimate of drug-likeness (QED) is 0.785. The van der Waals surface area contributed by atoms with Gasteiger partial charge in [0.05, 0.1) is 12.2 Å². The number of nitrogen functional groups attached to an aromatic ring is 1. The van der Waals surface area contributed by atoms with Gasteiger partial charge in [0.1, 0.15) is 4.88 Å². The standard InChI is InChI=1S/C13H14BrN3O2S/c1-2-16-9(18)6-17-13(19)12-11(15)10-7(14)4-3-5-8(10)20-12/h3-5H,2,6,15H2,1H3,(H,16,18)(H,17,19). The van der Waals surface area contributed by atoms with Gasteiger partial charge in [0, 0.05) is 21.1 Å². The molecule has 0 aliphatic rings. The number of thiophene rings is 1. The monoisotopic (exact) mass is 355 g/mol. The normalized spacial score (nSPS) is 10.5. The van der Waals surface area contributed by atoms with Crippen LogP contribution in [0.4, 0.5) is 5.69 Å². The third-order valence-electron chi connectivity index (χ3n) is 2.69. The summed E-state index contributed by atoms with van der Waals surface area (Å²) < 4.78 is 1.78. The van der Waals surface area contributed by atoms with Crippen LogP contribution in [0.1, 0.15) is 16.6 Å². The summed E-state index contributed by atoms with van der Waals surface area (Å²) in [5.74, 6) is -0.552. The lowest BCUT2D eigenvalue weighted by atomic mass is 10.2. The Hall–Kier alpha value is -1.60. The number of amides is 2. The van der Waals surface area contributed by atoms with E-state index in [2.05, 4.69) is 26.6 Å². The number of benzene rings is 1. The van der Waals surface area contributed by atoms with Crippen molar-refractivity contribution in [2.24, 2.45) is 0 Å². The van der Waals surface area contributed by atoms with E-state index in [-0.39, 0.29) is 18.4 Å². The molecule has 1 aromatic heterocycles. The van der Waals surface area contributed by atoms with Crippen molar-refractivity contribution < 1.29 is 9.59 Å². The van der Waals surface area contributed by atoms with E-state index in [0.29, 0.717) is 17.1 Å². The number of carbonyl (C=O) groups is 2. The zero-order valence-corrected chi connectivity index (χ0v) is 13.2. The Morgan fingerprint density at radius 1 is 1.35 bits per heavy atom. The summed E-state index contributed by atoms with van der Waals surface area (Å²) in [4.78, 5) is 23.8. The first kappa shape index (κ1) is 14.8. The van der Waals surface area contributed by atoms with Gasteiger partial charge in [-0.15, -0.1) is 11.3 Å². The predicted molar refractivity (Wildman–Crippen MR) is 85.0 cm³/mol. The van der Waals surface area contributed by atoms with E-state index < -0.39 is 0 Å². The molecular weight excluding hydrogens is 342 g/mol. The topological polar surface area (TPSA) is 84.2 Å². The number of hydrogen-bond acceptors (Lipinski definition) is 4. The Labute approximate surface area is 128 Å². The van der Waals surface area contributed by atoms with Crippen LogP contribution in [0.5, 0.6) is 0 Å². The Balaban J connectivity index is 2.21. The SMILES string of the molecule is CCNC(=O)CNC(=O)c1sc2cccc(Br)c2c1N. The molecule has 7 heteroatoms. The van der Waals surface area contributed by atoms with E-state index in [9.17, 15) is 9.59 Å². The van der Waals surface area contributed by atoms with E-state index >= 15 is 0 Å². The van der Waals surface area contributed by atoms with Crippen molar-refractivity contribution in [2.45, 2.75) is 6.92 Å². The van der Waals surface area contributed by atoms with Gasteiger partial charge < -0.3 is 16.4 Å². The molecule has 0 fully saturated rings. The van der Waals surface area contributed by atoms with Gasteiger partial charge in [-0.3, -0.25) is 9.59 Å². The molecule has 1 heterocycles. The van der Waals surface area contributed by atoms with E-state index in [1.165, 1.54) is 11.3 Å². The van der Waals surface area contributed by atoms with Crippen molar-refractivity contribution >= 4 is 54.9 Å². The smallest absolute Gasteiger partial charge is 0.263 e. The van der Waals surface area contributed by atoms with Crippen molar-refractivity contribution in [1.82, 2.24) is 10.6 Å². The minimum absolute atomic E-state index is 0.0540. The number of nitrogens with one attached hydrogen (secondary N) is 2. The van der Waals surface area contributed by atoms with Crippen LogP contribution in [0.3, 0.4) is 0 Å². The van der Waals surface area contributed by atoms with E-state index in [0.717, 1.165) is 14.6 Å². The largest absolute Gasteiger partial charge is 0.397 e. The third kappa shape index (κ3) is 2.94. The highest BCUT2D eigenvalue weighted by Crippen LogP contribution is 2.37. The van der Waals surface area contributed by atoms with Crippen LogP contribution in [-0.4, -0.2) is 24.9 Å². The zero-order valence-electron chi connectivity index (χ0n) is 10.8. The molecule has 106 valence electrons. The molecule has 0 saturated heterocycles. The molecule has 2 aromatic rings. The van der Waals surface area contributed by atoms with Crippen LogP contribution >= 0.6 is 27.3 Å². The van der Waals surface area contributed by atoms with Crippen molar-refractivity contribution in [3.05, 3.63) is 27.5 Å². The number of halogens is 1. The van der Waals surface area contributed by atoms with Crippen molar-refractivity contribution in [3.8, 4) is 0 Å². The molecule has 0 aliphatic carbocycles. The van der Waals surface area contributed by atoms with Crippen LogP contribution in [0, 0.1) is 0 Å². The second kappa shape index (κ2) is 6.23. The Kier molecular flexibility index (Phi) is 4.61. The molecule has 2 rings (SSSR count). The number of nitrogens with two attached hydrogens (primary N) is 1. The maximum atomic E-state index is 12.1. The highest BCUT2D eigenvalue weighted by molar-refractivity contribution is 9.10. The zero-order chi connectivity index (χ0) is 14.7. The molecular formula is C13H14BrN3O2S. The first-order chi connectivity index (χ1) is 9.54. The predicted octanol–water partition coefficient (Wildman–Crippen LogP) is 2.11. The minimum Gasteiger partial charge on any atom is -0.397 e. The molecule has 1 aromatic carbocycles. The van der Waals surface area contributed by atoms with Crippen LogP contribution in [0.15, 0.2) is 22.7 Å². The maximum Gasteiger partial charge on any atom is 0.263 e. The Morgan fingerprint density at radius 2 is 2.10 bits per heavy atom. The molecule has 0 atom stereocenters. The second-order valence-corrected chi connectivity index (χ2v) is 6.00. The highest BCUT2D eigenvalue weighted by Gasteiger charge is 2.18. The first-order valence-electron chi connectivity index (χ1n) is 6.06. The summed E-state index contributed by atoms with van der Waals surface area (Å²) in [6, 6.07) is 5.67. The van der Waals surface area contributed by atoms with Gasteiger partial charge in [-0.1, -0.05) is 22.0 Å². The fraction of sp³-hybridized carbons (Fsp3) is 0.231. The summed E-state index contributed by atoms with van der Waals surface area (Å²) in [5.41, 5.74) is 6.46. The maximum absolute atomic E-state index is 12.1. The molecule has 0 unspecified atom stereocenters. The van der Waals surface area contributed by atoms with Crippen molar-refractivity contribution in [1.29, 1.82) is 0 Å². The first-order valence-corrected chi connectivity index (χ1v) is 7.67. The summed E-state index contributed by atoms with van der Waals surface area (Å²) in [6.07, 6.45) is 0. The van der Waals surface area contributed by atoms with E-state index in [1.54, 1.807) is 0 Å². The number of likely N-dealkylation sites (N-methyl/N-ethyl adjacent to an activating group) is 1. The summed E-state index contributed by atoms with van der Waals surface area (Å²) in [6.45, 7) is 2.30. The number of carbonyl (C=O) groups excluding carboxylic acids is 2. The highest BCUT2D eigenvalue weighted by atomic mass is 79.9. The lowest BCUT2D eigenvalue weighted by Gasteiger charge is -2.04. The minimum atomic E-state index is -0.332. The van der Waals surface area contributed by atoms with Crippen LogP contribution in [0.2, 0.25) is 0 Å². The van der Waals surface area contributed by atoms with Gasteiger partial charge in [-0.25, -0.2) is 0 Å². The average molecular weight is 356 g/mol. The Bertz CT molecular complexity index is 669. The molecule has 0 spiro atoms. The van der Waals surface area contributed by atoms with Crippen molar-refractivity contribution in [2.75, 3.05) is 18.8 Å².